The molecule has 2 aliphatic carbocycles. The van der Waals surface area contributed by atoms with E-state index in [1.165, 1.54) is 24.2 Å². The van der Waals surface area contributed by atoms with Gasteiger partial charge in [-0.3, -0.25) is 4.79 Å². The summed E-state index contributed by atoms with van der Waals surface area (Å²) in [7, 11) is 0. The second-order valence-corrected chi connectivity index (χ2v) is 9.96. The van der Waals surface area contributed by atoms with Gasteiger partial charge in [0.25, 0.3) is 0 Å². The molecule has 7 nitrogen and oxygen atoms in total. The van der Waals surface area contributed by atoms with Crippen LogP contribution in [0.5, 0.6) is 0 Å². The van der Waals surface area contributed by atoms with Crippen LogP contribution in [-0.4, -0.2) is 46.2 Å². The molecular formula is C19H29N5O2S. The number of nitrogens with zero attached hydrogens (tertiary/aromatic N) is 3. The van der Waals surface area contributed by atoms with Crippen molar-refractivity contribution in [2.45, 2.75) is 58.9 Å². The second kappa shape index (κ2) is 6.72. The van der Waals surface area contributed by atoms with E-state index < -0.39 is 0 Å². The lowest BCUT2D eigenvalue weighted by atomic mass is 9.69. The van der Waals surface area contributed by atoms with Crippen molar-refractivity contribution in [3.63, 3.8) is 0 Å². The fourth-order valence-corrected chi connectivity index (χ4v) is 5.92. The van der Waals surface area contributed by atoms with Gasteiger partial charge in [-0.25, -0.2) is 4.79 Å². The number of likely N-dealkylation sites (tertiary alicyclic amines) is 1. The van der Waals surface area contributed by atoms with Gasteiger partial charge in [0.05, 0.1) is 5.92 Å². The number of hydrogen-bond acceptors (Lipinski definition) is 5. The number of carbonyl (C=O) groups excluding carboxylic acids is 2. The summed E-state index contributed by atoms with van der Waals surface area (Å²) in [4.78, 5) is 27.2. The Balaban J connectivity index is 1.36. The van der Waals surface area contributed by atoms with Crippen molar-refractivity contribution in [2.24, 2.45) is 22.7 Å². The number of hydrogen-bond donors (Lipinski definition) is 2. The molecule has 2 N–H and O–H groups in total. The van der Waals surface area contributed by atoms with Gasteiger partial charge in [0.15, 0.2) is 0 Å². The molecule has 1 aliphatic heterocycles. The van der Waals surface area contributed by atoms with Crippen molar-refractivity contribution in [1.82, 2.24) is 20.4 Å². The number of nitrogens with one attached hydrogen (secondary N) is 2. The Hall–Kier alpha value is -1.70. The quantitative estimate of drug-likeness (QED) is 0.829. The Bertz CT molecular complexity index is 722. The highest BCUT2D eigenvalue weighted by Gasteiger charge is 2.61. The summed E-state index contributed by atoms with van der Waals surface area (Å²) in [6.07, 6.45) is 5.17. The van der Waals surface area contributed by atoms with Gasteiger partial charge in [-0.05, 0) is 48.9 Å². The first-order valence-corrected chi connectivity index (χ1v) is 10.8. The number of aromatic nitrogens is 2. The Morgan fingerprint density at radius 3 is 2.74 bits per heavy atom. The maximum absolute atomic E-state index is 12.9. The standard InChI is InChI=1S/C19H29N5O2S/c1-18(2)13-6-7-19(18,3)14(9-13)21-17(26)24-8-4-5-12(10-24)15(25)22-16-23-20-11-27-16/h11-14H,4-10H2,1-3H3,(H,21,26)(H,22,23,25)/t12-,13-,14-,19-/m0/s1. The van der Waals surface area contributed by atoms with E-state index in [9.17, 15) is 9.59 Å². The molecule has 8 heteroatoms. The van der Waals surface area contributed by atoms with Crippen LogP contribution in [0.2, 0.25) is 0 Å². The van der Waals surface area contributed by atoms with Crippen LogP contribution in [0.3, 0.4) is 0 Å². The highest BCUT2D eigenvalue weighted by atomic mass is 32.1. The summed E-state index contributed by atoms with van der Waals surface area (Å²) >= 11 is 1.30. The maximum Gasteiger partial charge on any atom is 0.317 e. The highest BCUT2D eigenvalue weighted by Crippen LogP contribution is 2.65. The van der Waals surface area contributed by atoms with Crippen LogP contribution in [0.15, 0.2) is 5.51 Å². The predicted octanol–water partition coefficient (Wildman–Crippen LogP) is 3.11. The first kappa shape index (κ1) is 18.7. The summed E-state index contributed by atoms with van der Waals surface area (Å²) in [6.45, 7) is 8.22. The van der Waals surface area contributed by atoms with Gasteiger partial charge < -0.3 is 15.5 Å². The molecule has 2 heterocycles. The van der Waals surface area contributed by atoms with Gasteiger partial charge in [-0.2, -0.15) is 0 Å². The number of rotatable bonds is 3. The van der Waals surface area contributed by atoms with E-state index in [0.29, 0.717) is 24.1 Å². The first-order chi connectivity index (χ1) is 12.8. The van der Waals surface area contributed by atoms with Crippen LogP contribution in [-0.2, 0) is 4.79 Å². The number of anilines is 1. The number of amides is 3. The molecule has 2 bridgehead atoms. The second-order valence-electron chi connectivity index (χ2n) is 9.13. The average Bonchev–Trinajstić information content (AvgIpc) is 3.28. The molecule has 3 fully saturated rings. The topological polar surface area (TPSA) is 87.2 Å². The molecule has 27 heavy (non-hydrogen) atoms. The number of urea groups is 1. The van der Waals surface area contributed by atoms with E-state index in [1.54, 1.807) is 5.51 Å². The Morgan fingerprint density at radius 1 is 1.30 bits per heavy atom. The van der Waals surface area contributed by atoms with Gasteiger partial charge in [-0.1, -0.05) is 32.1 Å². The van der Waals surface area contributed by atoms with Crippen molar-refractivity contribution in [1.29, 1.82) is 0 Å². The minimum atomic E-state index is -0.194. The number of fused-ring (bicyclic) bond motifs is 2. The molecule has 0 aromatic carbocycles. The molecule has 0 spiro atoms. The zero-order valence-corrected chi connectivity index (χ0v) is 17.1. The van der Waals surface area contributed by atoms with Gasteiger partial charge in [0.1, 0.15) is 5.51 Å². The van der Waals surface area contributed by atoms with Crippen LogP contribution in [0, 0.1) is 22.7 Å². The highest BCUT2D eigenvalue weighted by molar-refractivity contribution is 7.13. The van der Waals surface area contributed by atoms with Gasteiger partial charge in [0, 0.05) is 19.1 Å². The number of carbonyl (C=O) groups is 2. The summed E-state index contributed by atoms with van der Waals surface area (Å²) in [5.41, 5.74) is 2.03. The summed E-state index contributed by atoms with van der Waals surface area (Å²) in [5, 5.41) is 14.2. The van der Waals surface area contributed by atoms with E-state index in [2.05, 4.69) is 41.6 Å². The van der Waals surface area contributed by atoms with E-state index >= 15 is 0 Å². The fraction of sp³-hybridized carbons (Fsp3) is 0.789. The zero-order valence-electron chi connectivity index (χ0n) is 16.3. The van der Waals surface area contributed by atoms with Crippen LogP contribution < -0.4 is 10.6 Å². The lowest BCUT2D eigenvalue weighted by Crippen LogP contribution is -2.54. The minimum absolute atomic E-state index is 0.0157. The van der Waals surface area contributed by atoms with Crippen molar-refractivity contribution < 1.29 is 9.59 Å². The third-order valence-corrected chi connectivity index (χ3v) is 8.37. The Labute approximate surface area is 164 Å². The average molecular weight is 392 g/mol. The normalized spacial score (nSPS) is 34.5. The molecule has 0 radical (unpaired) electrons. The molecule has 3 amide bonds. The van der Waals surface area contributed by atoms with Gasteiger partial charge in [0.2, 0.25) is 11.0 Å². The lowest BCUT2D eigenvalue weighted by Gasteiger charge is -2.41. The summed E-state index contributed by atoms with van der Waals surface area (Å²) < 4.78 is 0. The van der Waals surface area contributed by atoms with Crippen LogP contribution in [0.1, 0.15) is 52.9 Å². The van der Waals surface area contributed by atoms with Crippen LogP contribution in [0.25, 0.3) is 0 Å². The molecule has 1 aromatic heterocycles. The van der Waals surface area contributed by atoms with Crippen molar-refractivity contribution in [3.8, 4) is 0 Å². The SMILES string of the molecule is CC1(C)[C@H]2CC[C@@]1(C)[C@@H](NC(=O)N1CCC[C@H](C(=O)Nc3nncs3)C1)C2. The molecule has 3 aliphatic rings. The monoisotopic (exact) mass is 391 g/mol. The van der Waals surface area contributed by atoms with E-state index in [4.69, 9.17) is 0 Å². The van der Waals surface area contributed by atoms with Crippen molar-refractivity contribution in [3.05, 3.63) is 5.51 Å². The van der Waals surface area contributed by atoms with Crippen molar-refractivity contribution in [2.75, 3.05) is 18.4 Å². The molecule has 1 aromatic rings. The molecule has 4 rings (SSSR count). The van der Waals surface area contributed by atoms with Crippen LogP contribution in [0.4, 0.5) is 9.93 Å². The minimum Gasteiger partial charge on any atom is -0.335 e. The maximum atomic E-state index is 12.9. The fourth-order valence-electron chi connectivity index (χ4n) is 5.47. The van der Waals surface area contributed by atoms with E-state index in [0.717, 1.165) is 19.3 Å². The molecule has 4 atom stereocenters. The van der Waals surface area contributed by atoms with E-state index in [-0.39, 0.29) is 34.7 Å². The summed E-state index contributed by atoms with van der Waals surface area (Å²) in [5.74, 6) is 0.428. The molecule has 2 saturated carbocycles. The predicted molar refractivity (Wildman–Crippen MR) is 104 cm³/mol. The first-order valence-electron chi connectivity index (χ1n) is 9.94. The lowest BCUT2D eigenvalue weighted by molar-refractivity contribution is -0.121. The molecule has 1 saturated heterocycles. The van der Waals surface area contributed by atoms with Gasteiger partial charge in [-0.15, -0.1) is 10.2 Å². The largest absolute Gasteiger partial charge is 0.335 e. The van der Waals surface area contributed by atoms with Crippen molar-refractivity contribution >= 4 is 28.4 Å². The third-order valence-electron chi connectivity index (χ3n) is 7.76. The van der Waals surface area contributed by atoms with E-state index in [1.807, 2.05) is 4.90 Å². The Morgan fingerprint density at radius 2 is 2.11 bits per heavy atom. The molecule has 148 valence electrons. The summed E-state index contributed by atoms with van der Waals surface area (Å²) in [6, 6.07) is 0.215. The molecule has 0 unspecified atom stereocenters. The van der Waals surface area contributed by atoms with Gasteiger partial charge >= 0.3 is 6.03 Å². The van der Waals surface area contributed by atoms with Crippen LogP contribution >= 0.6 is 11.3 Å². The smallest absolute Gasteiger partial charge is 0.317 e. The zero-order chi connectivity index (χ0) is 19.2. The third kappa shape index (κ3) is 3.11. The molecular weight excluding hydrogens is 362 g/mol. The number of piperidine rings is 1. The Kier molecular flexibility index (Phi) is 4.64.